The van der Waals surface area contributed by atoms with Crippen molar-refractivity contribution in [2.45, 2.75) is 25.1 Å². The summed E-state index contributed by atoms with van der Waals surface area (Å²) < 4.78 is 16.7. The zero-order valence-corrected chi connectivity index (χ0v) is 10.8. The summed E-state index contributed by atoms with van der Waals surface area (Å²) in [5.41, 5.74) is 7.07. The molecule has 3 nitrogen and oxygen atoms in total. The van der Waals surface area contributed by atoms with Crippen LogP contribution >= 0.6 is 0 Å². The van der Waals surface area contributed by atoms with E-state index in [4.69, 9.17) is 10.5 Å². The molecule has 90 valence electrons. The first kappa shape index (κ1) is 13.2. The summed E-state index contributed by atoms with van der Waals surface area (Å²) in [7, 11) is 0.763. The van der Waals surface area contributed by atoms with Crippen molar-refractivity contribution in [3.63, 3.8) is 0 Å². The lowest BCUT2D eigenvalue weighted by Gasteiger charge is -2.19. The number of nitrogens with two attached hydrogens (primary N) is 1. The molecule has 1 aromatic rings. The molecule has 0 amide bonds. The summed E-state index contributed by atoms with van der Waals surface area (Å²) in [5.74, 6) is 1.45. The zero-order valence-electron chi connectivity index (χ0n) is 9.97. The number of methoxy groups -OCH3 is 1. The van der Waals surface area contributed by atoms with Crippen LogP contribution in [0.15, 0.2) is 24.3 Å². The van der Waals surface area contributed by atoms with E-state index < -0.39 is 10.8 Å². The summed E-state index contributed by atoms with van der Waals surface area (Å²) in [5, 5.41) is -0.0293. The van der Waals surface area contributed by atoms with Gasteiger partial charge in [-0.1, -0.05) is 19.1 Å². The lowest BCUT2D eigenvalue weighted by atomic mass is 10.1. The minimum atomic E-state index is -0.866. The molecule has 0 spiro atoms. The lowest BCUT2D eigenvalue weighted by molar-refractivity contribution is 0.414. The van der Waals surface area contributed by atoms with Gasteiger partial charge in [0.2, 0.25) is 0 Å². The van der Waals surface area contributed by atoms with Crippen molar-refractivity contribution in [3.05, 3.63) is 29.8 Å². The average Bonchev–Trinajstić information content (AvgIpc) is 2.36. The third-order valence-corrected chi connectivity index (χ3v) is 4.40. The lowest BCUT2D eigenvalue weighted by Crippen LogP contribution is -2.28. The van der Waals surface area contributed by atoms with Crippen molar-refractivity contribution in [1.82, 2.24) is 0 Å². The van der Waals surface area contributed by atoms with Crippen molar-refractivity contribution in [2.75, 3.05) is 12.9 Å². The van der Waals surface area contributed by atoms with Gasteiger partial charge < -0.3 is 10.5 Å². The van der Waals surface area contributed by atoms with Crippen LogP contribution in [0.25, 0.3) is 0 Å². The summed E-state index contributed by atoms with van der Waals surface area (Å²) in [6, 6.07) is 7.40. The third-order valence-electron chi connectivity index (χ3n) is 2.71. The summed E-state index contributed by atoms with van der Waals surface area (Å²) >= 11 is 0. The second kappa shape index (κ2) is 6.01. The first-order valence-corrected chi connectivity index (χ1v) is 6.75. The Bertz CT molecular complexity index is 351. The Morgan fingerprint density at radius 3 is 2.38 bits per heavy atom. The predicted molar refractivity (Wildman–Crippen MR) is 68.1 cm³/mol. The highest BCUT2D eigenvalue weighted by Crippen LogP contribution is 2.20. The van der Waals surface area contributed by atoms with Gasteiger partial charge >= 0.3 is 0 Å². The molecule has 0 saturated carbocycles. The average molecular weight is 241 g/mol. The van der Waals surface area contributed by atoms with Crippen LogP contribution in [0.3, 0.4) is 0 Å². The van der Waals surface area contributed by atoms with Crippen molar-refractivity contribution in [2.24, 2.45) is 5.73 Å². The molecule has 0 aliphatic carbocycles. The highest BCUT2D eigenvalue weighted by atomic mass is 32.2. The van der Waals surface area contributed by atoms with Crippen LogP contribution in [0.5, 0.6) is 5.75 Å². The monoisotopic (exact) mass is 241 g/mol. The Kier molecular flexibility index (Phi) is 4.96. The maximum Gasteiger partial charge on any atom is 0.118 e. The summed E-state index contributed by atoms with van der Waals surface area (Å²) in [4.78, 5) is 0. The Labute approximate surface area is 99.4 Å². The topological polar surface area (TPSA) is 52.3 Å². The van der Waals surface area contributed by atoms with E-state index in [1.807, 2.05) is 38.1 Å². The largest absolute Gasteiger partial charge is 0.497 e. The van der Waals surface area contributed by atoms with E-state index in [-0.39, 0.29) is 11.3 Å². The van der Waals surface area contributed by atoms with Gasteiger partial charge in [0, 0.05) is 22.6 Å². The van der Waals surface area contributed by atoms with E-state index in [1.165, 1.54) is 0 Å². The van der Waals surface area contributed by atoms with Crippen molar-refractivity contribution in [3.8, 4) is 5.75 Å². The first-order valence-electron chi connectivity index (χ1n) is 5.36. The second-order valence-electron chi connectivity index (χ2n) is 3.67. The molecule has 1 rings (SSSR count). The summed E-state index contributed by atoms with van der Waals surface area (Å²) in [6.07, 6.45) is 0. The first-order chi connectivity index (χ1) is 7.60. The molecular formula is C12H19NO2S. The number of rotatable bonds is 5. The van der Waals surface area contributed by atoms with E-state index in [0.717, 1.165) is 11.3 Å². The standard InChI is InChI=1S/C12H19NO2S/c1-4-16(14)9(2)12(13)10-5-7-11(15-3)8-6-10/h5-9,12H,4,13H2,1-3H3. The highest BCUT2D eigenvalue weighted by molar-refractivity contribution is 7.85. The van der Waals surface area contributed by atoms with Crippen LogP contribution in [0.2, 0.25) is 0 Å². The van der Waals surface area contributed by atoms with Gasteiger partial charge in [-0.15, -0.1) is 0 Å². The molecule has 0 aliphatic rings. The minimum absolute atomic E-state index is 0.0293. The van der Waals surface area contributed by atoms with Crippen LogP contribution in [0.1, 0.15) is 25.5 Å². The van der Waals surface area contributed by atoms with Gasteiger partial charge in [-0.05, 0) is 24.6 Å². The molecule has 2 N–H and O–H groups in total. The fourth-order valence-corrected chi connectivity index (χ4v) is 2.53. The van der Waals surface area contributed by atoms with Gasteiger partial charge in [-0.25, -0.2) is 0 Å². The Morgan fingerprint density at radius 2 is 1.94 bits per heavy atom. The molecule has 0 aliphatic heterocycles. The molecule has 3 unspecified atom stereocenters. The minimum Gasteiger partial charge on any atom is -0.497 e. The molecule has 0 bridgehead atoms. The predicted octanol–water partition coefficient (Wildman–Crippen LogP) is 1.85. The van der Waals surface area contributed by atoms with E-state index in [1.54, 1.807) is 7.11 Å². The number of hydrogen-bond donors (Lipinski definition) is 1. The normalized spacial score (nSPS) is 16.5. The van der Waals surface area contributed by atoms with Crippen LogP contribution in [0.4, 0.5) is 0 Å². The molecule has 0 radical (unpaired) electrons. The van der Waals surface area contributed by atoms with E-state index in [2.05, 4.69) is 0 Å². The number of hydrogen-bond acceptors (Lipinski definition) is 3. The molecular weight excluding hydrogens is 222 g/mol. The van der Waals surface area contributed by atoms with E-state index >= 15 is 0 Å². The van der Waals surface area contributed by atoms with Crippen LogP contribution < -0.4 is 10.5 Å². The maximum atomic E-state index is 11.7. The summed E-state index contributed by atoms with van der Waals surface area (Å²) in [6.45, 7) is 3.84. The van der Waals surface area contributed by atoms with Gasteiger partial charge in [0.05, 0.1) is 12.4 Å². The molecule has 3 atom stereocenters. The van der Waals surface area contributed by atoms with Gasteiger partial charge in [0.25, 0.3) is 0 Å². The molecule has 16 heavy (non-hydrogen) atoms. The Hall–Kier alpha value is -0.870. The molecule has 0 aromatic heterocycles. The fraction of sp³-hybridized carbons (Fsp3) is 0.500. The third kappa shape index (κ3) is 3.06. The van der Waals surface area contributed by atoms with E-state index in [9.17, 15) is 4.21 Å². The molecule has 0 fully saturated rings. The van der Waals surface area contributed by atoms with Gasteiger partial charge in [-0.3, -0.25) is 4.21 Å². The molecule has 4 heteroatoms. The smallest absolute Gasteiger partial charge is 0.118 e. The van der Waals surface area contributed by atoms with Gasteiger partial charge in [0.15, 0.2) is 0 Å². The maximum absolute atomic E-state index is 11.7. The Morgan fingerprint density at radius 1 is 1.38 bits per heavy atom. The molecule has 0 heterocycles. The van der Waals surface area contributed by atoms with Gasteiger partial charge in [-0.2, -0.15) is 0 Å². The van der Waals surface area contributed by atoms with Crippen molar-refractivity contribution < 1.29 is 8.95 Å². The quantitative estimate of drug-likeness (QED) is 0.856. The van der Waals surface area contributed by atoms with Crippen LogP contribution in [-0.4, -0.2) is 22.3 Å². The Balaban J connectivity index is 2.79. The van der Waals surface area contributed by atoms with Crippen LogP contribution in [-0.2, 0) is 10.8 Å². The zero-order chi connectivity index (χ0) is 12.1. The van der Waals surface area contributed by atoms with Crippen molar-refractivity contribution in [1.29, 1.82) is 0 Å². The number of benzene rings is 1. The highest BCUT2D eigenvalue weighted by Gasteiger charge is 2.19. The van der Waals surface area contributed by atoms with E-state index in [0.29, 0.717) is 5.75 Å². The SMILES string of the molecule is CCS(=O)C(C)C(N)c1ccc(OC)cc1. The van der Waals surface area contributed by atoms with Crippen molar-refractivity contribution >= 4 is 10.8 Å². The molecule has 0 saturated heterocycles. The van der Waals surface area contributed by atoms with Gasteiger partial charge in [0.1, 0.15) is 5.75 Å². The molecule has 1 aromatic carbocycles. The number of ether oxygens (including phenoxy) is 1. The fourth-order valence-electron chi connectivity index (χ4n) is 1.52. The van der Waals surface area contributed by atoms with Crippen LogP contribution in [0, 0.1) is 0 Å². The second-order valence-corrected chi connectivity index (χ2v) is 5.76.